The molecule has 2 aliphatic heterocycles. The molecule has 0 radical (unpaired) electrons. The largest absolute Gasteiger partial charge is 0.375 e. The van der Waals surface area contributed by atoms with Crippen molar-refractivity contribution in [2.45, 2.75) is 63.4 Å². The van der Waals surface area contributed by atoms with E-state index in [1.54, 1.807) is 0 Å². The monoisotopic (exact) mass is 269 g/mol. The van der Waals surface area contributed by atoms with Crippen LogP contribution in [0, 0.1) is 5.92 Å². The molecule has 2 atom stereocenters. The van der Waals surface area contributed by atoms with Crippen molar-refractivity contribution in [1.29, 1.82) is 0 Å². The first-order valence-corrected chi connectivity index (χ1v) is 7.92. The zero-order valence-corrected chi connectivity index (χ0v) is 12.0. The highest BCUT2D eigenvalue weighted by atomic mass is 16.7. The Labute approximate surface area is 116 Å². The molecule has 1 aliphatic carbocycles. The molecule has 4 nitrogen and oxygen atoms in total. The van der Waals surface area contributed by atoms with Gasteiger partial charge in [0.05, 0.1) is 18.8 Å². The number of hydrogen-bond donors (Lipinski definition) is 1. The summed E-state index contributed by atoms with van der Waals surface area (Å²) in [5.74, 6) is 0.710. The van der Waals surface area contributed by atoms with Gasteiger partial charge in [-0.05, 0) is 44.6 Å². The molecule has 3 aliphatic rings. The maximum Gasteiger partial charge on any atom is 0.159 e. The molecule has 0 aromatic rings. The van der Waals surface area contributed by atoms with Crippen molar-refractivity contribution < 1.29 is 14.2 Å². The van der Waals surface area contributed by atoms with E-state index in [4.69, 9.17) is 14.2 Å². The molecule has 0 bridgehead atoms. The molecule has 0 amide bonds. The van der Waals surface area contributed by atoms with Crippen molar-refractivity contribution in [3.8, 4) is 0 Å². The third-order valence-electron chi connectivity index (χ3n) is 4.97. The average Bonchev–Trinajstić information content (AvgIpc) is 2.90. The van der Waals surface area contributed by atoms with Crippen LogP contribution in [0.4, 0.5) is 0 Å². The molecule has 3 rings (SSSR count). The first-order chi connectivity index (χ1) is 9.31. The van der Waals surface area contributed by atoms with Gasteiger partial charge in [-0.1, -0.05) is 6.92 Å². The van der Waals surface area contributed by atoms with E-state index in [1.165, 1.54) is 32.1 Å². The summed E-state index contributed by atoms with van der Waals surface area (Å²) in [6.45, 7) is 5.63. The predicted octanol–water partition coefficient (Wildman–Crippen LogP) is 2.08. The Kier molecular flexibility index (Phi) is 4.42. The summed E-state index contributed by atoms with van der Waals surface area (Å²) in [5, 5.41) is 3.65. The van der Waals surface area contributed by atoms with Gasteiger partial charge in [0, 0.05) is 19.1 Å². The Morgan fingerprint density at radius 3 is 2.63 bits per heavy atom. The van der Waals surface area contributed by atoms with Gasteiger partial charge in [0.1, 0.15) is 0 Å². The molecule has 1 N–H and O–H groups in total. The minimum atomic E-state index is 0.00392. The van der Waals surface area contributed by atoms with Crippen molar-refractivity contribution in [2.75, 3.05) is 26.4 Å². The molecule has 1 spiro atoms. The van der Waals surface area contributed by atoms with Gasteiger partial charge < -0.3 is 19.5 Å². The maximum atomic E-state index is 6.04. The topological polar surface area (TPSA) is 39.7 Å². The second kappa shape index (κ2) is 6.08. The first kappa shape index (κ1) is 13.8. The predicted molar refractivity (Wildman–Crippen MR) is 73.0 cm³/mol. The molecule has 2 saturated heterocycles. The van der Waals surface area contributed by atoms with Gasteiger partial charge in [0.15, 0.2) is 6.29 Å². The number of hydrogen-bond acceptors (Lipinski definition) is 4. The van der Waals surface area contributed by atoms with E-state index in [-0.39, 0.29) is 11.9 Å². The number of ether oxygens (including phenoxy) is 3. The first-order valence-electron chi connectivity index (χ1n) is 7.92. The van der Waals surface area contributed by atoms with Crippen LogP contribution in [0.15, 0.2) is 0 Å². The molecule has 110 valence electrons. The van der Waals surface area contributed by atoms with Gasteiger partial charge in [-0.3, -0.25) is 0 Å². The highest BCUT2D eigenvalue weighted by Gasteiger charge is 2.44. The Balaban J connectivity index is 1.58. The molecule has 4 heteroatoms. The summed E-state index contributed by atoms with van der Waals surface area (Å²) >= 11 is 0. The normalized spacial score (nSPS) is 32.4. The van der Waals surface area contributed by atoms with E-state index in [1.807, 2.05) is 0 Å². The Morgan fingerprint density at radius 2 is 2.00 bits per heavy atom. The summed E-state index contributed by atoms with van der Waals surface area (Å²) in [6, 6.07) is 0.509. The van der Waals surface area contributed by atoms with Gasteiger partial charge in [-0.2, -0.15) is 0 Å². The SMILES string of the molecule is CCNC(CC1OCCO1)C1CCOC2(CCC2)C1. The van der Waals surface area contributed by atoms with Gasteiger partial charge >= 0.3 is 0 Å². The fraction of sp³-hybridized carbons (Fsp3) is 1.00. The lowest BCUT2D eigenvalue weighted by Crippen LogP contribution is -2.51. The van der Waals surface area contributed by atoms with E-state index in [0.717, 1.165) is 32.8 Å². The smallest absolute Gasteiger partial charge is 0.159 e. The standard InChI is InChI=1S/C15H27NO3/c1-2-16-13(10-14-17-8-9-18-14)12-4-7-19-15(11-12)5-3-6-15/h12-14,16H,2-11H2,1H3. The highest BCUT2D eigenvalue weighted by molar-refractivity contribution is 4.96. The molecule has 0 aromatic heterocycles. The molecular formula is C15H27NO3. The average molecular weight is 269 g/mol. The Hall–Kier alpha value is -0.160. The Morgan fingerprint density at radius 1 is 1.21 bits per heavy atom. The second-order valence-electron chi connectivity index (χ2n) is 6.21. The fourth-order valence-electron chi connectivity index (χ4n) is 3.78. The van der Waals surface area contributed by atoms with Crippen LogP contribution in [0.5, 0.6) is 0 Å². The quantitative estimate of drug-likeness (QED) is 0.829. The van der Waals surface area contributed by atoms with Crippen LogP contribution in [0.2, 0.25) is 0 Å². The van der Waals surface area contributed by atoms with E-state index >= 15 is 0 Å². The van der Waals surface area contributed by atoms with Crippen LogP contribution in [0.25, 0.3) is 0 Å². The van der Waals surface area contributed by atoms with Crippen LogP contribution >= 0.6 is 0 Å². The third-order valence-corrected chi connectivity index (χ3v) is 4.97. The van der Waals surface area contributed by atoms with E-state index in [2.05, 4.69) is 12.2 Å². The molecule has 0 aromatic carbocycles. The number of nitrogens with one attached hydrogen (secondary N) is 1. The van der Waals surface area contributed by atoms with Crippen LogP contribution in [0.1, 0.15) is 45.4 Å². The molecule has 2 unspecified atom stereocenters. The minimum Gasteiger partial charge on any atom is -0.375 e. The molecule has 3 fully saturated rings. The van der Waals surface area contributed by atoms with Crippen LogP contribution in [-0.4, -0.2) is 44.3 Å². The van der Waals surface area contributed by atoms with Crippen molar-refractivity contribution >= 4 is 0 Å². The van der Waals surface area contributed by atoms with E-state index in [0.29, 0.717) is 12.0 Å². The Bertz CT molecular complexity index is 287. The summed E-state index contributed by atoms with van der Waals surface area (Å²) < 4.78 is 17.3. The van der Waals surface area contributed by atoms with Crippen LogP contribution < -0.4 is 5.32 Å². The molecule has 2 heterocycles. The highest BCUT2D eigenvalue weighted by Crippen LogP contribution is 2.45. The van der Waals surface area contributed by atoms with Crippen molar-refractivity contribution in [3.05, 3.63) is 0 Å². The molecular weight excluding hydrogens is 242 g/mol. The zero-order valence-electron chi connectivity index (χ0n) is 12.0. The van der Waals surface area contributed by atoms with Crippen LogP contribution in [-0.2, 0) is 14.2 Å². The minimum absolute atomic E-state index is 0.00392. The summed E-state index contributed by atoms with van der Waals surface area (Å²) in [7, 11) is 0. The van der Waals surface area contributed by atoms with Gasteiger partial charge in [-0.25, -0.2) is 0 Å². The van der Waals surface area contributed by atoms with Gasteiger partial charge in [-0.15, -0.1) is 0 Å². The van der Waals surface area contributed by atoms with E-state index < -0.39 is 0 Å². The van der Waals surface area contributed by atoms with E-state index in [9.17, 15) is 0 Å². The van der Waals surface area contributed by atoms with Crippen molar-refractivity contribution in [1.82, 2.24) is 5.32 Å². The third kappa shape index (κ3) is 3.13. The molecule has 1 saturated carbocycles. The fourth-order valence-corrected chi connectivity index (χ4v) is 3.78. The van der Waals surface area contributed by atoms with Crippen molar-refractivity contribution in [2.24, 2.45) is 5.92 Å². The zero-order chi connectivity index (χ0) is 13.1. The lowest BCUT2D eigenvalue weighted by atomic mass is 9.70. The summed E-state index contributed by atoms with van der Waals surface area (Å²) in [5.41, 5.74) is 0.230. The lowest BCUT2D eigenvalue weighted by Gasteiger charge is -2.49. The number of rotatable bonds is 5. The molecule has 19 heavy (non-hydrogen) atoms. The van der Waals surface area contributed by atoms with Crippen molar-refractivity contribution in [3.63, 3.8) is 0 Å². The van der Waals surface area contributed by atoms with Crippen LogP contribution in [0.3, 0.4) is 0 Å². The van der Waals surface area contributed by atoms with Gasteiger partial charge in [0.2, 0.25) is 0 Å². The second-order valence-corrected chi connectivity index (χ2v) is 6.21. The summed E-state index contributed by atoms with van der Waals surface area (Å²) in [6.07, 6.45) is 7.24. The van der Waals surface area contributed by atoms with Gasteiger partial charge in [0.25, 0.3) is 0 Å². The summed E-state index contributed by atoms with van der Waals surface area (Å²) in [4.78, 5) is 0. The lowest BCUT2D eigenvalue weighted by molar-refractivity contribution is -0.150. The maximum absolute atomic E-state index is 6.04.